The molecule has 0 unspecified atom stereocenters. The van der Waals surface area contributed by atoms with Gasteiger partial charge >= 0.3 is 44.8 Å². The van der Waals surface area contributed by atoms with E-state index in [1.165, 1.54) is 71.6 Å². The zero-order valence-electron chi connectivity index (χ0n) is 35.9. The van der Waals surface area contributed by atoms with Crippen LogP contribution in [0, 0.1) is 24.7 Å². The van der Waals surface area contributed by atoms with Gasteiger partial charge in [-0.1, -0.05) is 184 Å². The van der Waals surface area contributed by atoms with Crippen molar-refractivity contribution in [3.05, 3.63) is 252 Å². The van der Waals surface area contributed by atoms with Crippen LogP contribution in [-0.2, 0) is 55.6 Å². The molecule has 10 rings (SSSR count). The number of rotatable bonds is 6. The van der Waals surface area contributed by atoms with Crippen LogP contribution < -0.4 is 21.2 Å². The van der Waals surface area contributed by atoms with E-state index in [9.17, 15) is 0 Å². The topological polar surface area (TPSA) is 0 Å². The number of fused-ring (bicyclic) bond motifs is 6. The Balaban J connectivity index is 0.000000161. The van der Waals surface area contributed by atoms with Gasteiger partial charge in [-0.25, -0.2) is 0 Å². The van der Waals surface area contributed by atoms with Crippen molar-refractivity contribution in [2.75, 3.05) is 5.90 Å². The second kappa shape index (κ2) is 21.3. The molecule has 0 heterocycles. The van der Waals surface area contributed by atoms with E-state index in [1.807, 2.05) is 24.3 Å². The van der Waals surface area contributed by atoms with E-state index in [0.29, 0.717) is 0 Å². The molecule has 0 spiro atoms. The molecule has 63 heavy (non-hydrogen) atoms. The number of benzene rings is 8. The van der Waals surface area contributed by atoms with Crippen LogP contribution in [0.1, 0.15) is 61.1 Å². The van der Waals surface area contributed by atoms with Gasteiger partial charge < -0.3 is 12.8 Å². The molecule has 0 aromatic heterocycles. The van der Waals surface area contributed by atoms with E-state index < -0.39 is 15.8 Å². The second-order valence-electron chi connectivity index (χ2n) is 16.6. The first kappa shape index (κ1) is 47.7. The van der Waals surface area contributed by atoms with Crippen molar-refractivity contribution < 1.29 is 44.8 Å². The summed E-state index contributed by atoms with van der Waals surface area (Å²) in [6, 6.07) is 73.7. The number of hydrogen-bond acceptors (Lipinski definition) is 0. The zero-order valence-corrected chi connectivity index (χ0v) is 42.3. The summed E-state index contributed by atoms with van der Waals surface area (Å²) in [7, 11) is -1.69. The van der Waals surface area contributed by atoms with Gasteiger partial charge in [-0.05, 0) is 81.9 Å². The minimum absolute atomic E-state index is 0. The fourth-order valence-corrected chi connectivity index (χ4v) is 17.1. The van der Waals surface area contributed by atoms with E-state index in [2.05, 4.69) is 222 Å². The van der Waals surface area contributed by atoms with Gasteiger partial charge in [0, 0.05) is 10.8 Å². The Morgan fingerprint density at radius 1 is 0.349 bits per heavy atom. The largest absolute Gasteiger partial charge is 1.00 e. The molecule has 2 aliphatic rings. The molecule has 316 valence electrons. The third kappa shape index (κ3) is 9.83. The summed E-state index contributed by atoms with van der Waals surface area (Å²) in [6.45, 7) is 8.88. The fraction of sp³-hybridized carbons (Fsp3) is 0.119. The molecule has 8 aromatic rings. The first-order chi connectivity index (χ1) is 29.7. The Morgan fingerprint density at radius 3 is 0.921 bits per heavy atom. The minimum Gasteiger partial charge on any atom is -0.366 e. The van der Waals surface area contributed by atoms with E-state index >= 15 is 0 Å². The van der Waals surface area contributed by atoms with E-state index in [1.54, 1.807) is 0 Å². The maximum atomic E-state index is 7.45. The SMILES string of the molecule is [Au+].[Au+].[C-]#Cc1cccc2c1C(C)(C)c1ccccc1-2.[C-]#Cc1cccc2c1C(C)(C)c1ccccc1-2.c1ccc([PH+](C[PH+](c2ccccc2)c2ccccc2)c2ccccc2)cc1. The van der Waals surface area contributed by atoms with Crippen LogP contribution in [0.2, 0.25) is 0 Å². The van der Waals surface area contributed by atoms with Crippen LogP contribution in [0.4, 0.5) is 0 Å². The first-order valence-electron chi connectivity index (χ1n) is 21.0. The van der Waals surface area contributed by atoms with Gasteiger partial charge in [0.05, 0.1) is 0 Å². The molecule has 0 fully saturated rings. The molecule has 0 amide bonds. The van der Waals surface area contributed by atoms with Crippen LogP contribution in [0.3, 0.4) is 0 Å². The normalized spacial score (nSPS) is 12.8. The summed E-state index contributed by atoms with van der Waals surface area (Å²) in [5.41, 5.74) is 12.0. The summed E-state index contributed by atoms with van der Waals surface area (Å²) in [4.78, 5) is 0. The van der Waals surface area contributed by atoms with Crippen molar-refractivity contribution in [2.24, 2.45) is 0 Å². The third-order valence-electron chi connectivity index (χ3n) is 12.3. The van der Waals surface area contributed by atoms with Gasteiger partial charge in [-0.2, -0.15) is 0 Å². The predicted molar refractivity (Wildman–Crippen MR) is 266 cm³/mol. The molecule has 0 radical (unpaired) electrons. The van der Waals surface area contributed by atoms with Crippen LogP contribution in [0.15, 0.2) is 206 Å². The molecule has 8 aromatic carbocycles. The molecule has 0 N–H and O–H groups in total. The first-order valence-corrected chi connectivity index (χ1v) is 24.4. The summed E-state index contributed by atoms with van der Waals surface area (Å²) in [6.07, 6.45) is 14.9. The van der Waals surface area contributed by atoms with Gasteiger partial charge in [0.25, 0.3) is 0 Å². The summed E-state index contributed by atoms with van der Waals surface area (Å²) in [5, 5.41) is 6.01. The summed E-state index contributed by atoms with van der Waals surface area (Å²) in [5.74, 6) is 6.38. The van der Waals surface area contributed by atoms with Gasteiger partial charge in [0.15, 0.2) is 5.90 Å². The van der Waals surface area contributed by atoms with Crippen LogP contribution in [0.25, 0.3) is 22.3 Å². The monoisotopic (exact) mass is 1210 g/mol. The van der Waals surface area contributed by atoms with Crippen molar-refractivity contribution in [1.82, 2.24) is 0 Å². The van der Waals surface area contributed by atoms with Gasteiger partial charge in [-0.15, -0.1) is 23.3 Å². The zero-order chi connectivity index (χ0) is 42.4. The Kier molecular flexibility index (Phi) is 16.1. The van der Waals surface area contributed by atoms with E-state index in [-0.39, 0.29) is 55.6 Å². The maximum absolute atomic E-state index is 7.45. The molecular formula is C59H50Au2P2+2. The average molecular weight is 1210 g/mol. The Bertz CT molecular complexity index is 2580. The van der Waals surface area contributed by atoms with Crippen LogP contribution >= 0.6 is 15.8 Å². The van der Waals surface area contributed by atoms with Crippen molar-refractivity contribution in [3.8, 4) is 34.1 Å². The molecule has 0 nitrogen and oxygen atoms in total. The van der Waals surface area contributed by atoms with Crippen molar-refractivity contribution in [3.63, 3.8) is 0 Å². The van der Waals surface area contributed by atoms with Gasteiger partial charge in [0.2, 0.25) is 0 Å². The molecule has 0 bridgehead atoms. The average Bonchev–Trinajstić information content (AvgIpc) is 3.71. The van der Waals surface area contributed by atoms with Crippen LogP contribution in [0.5, 0.6) is 0 Å². The van der Waals surface area contributed by atoms with E-state index in [0.717, 1.165) is 11.1 Å². The molecule has 0 atom stereocenters. The minimum atomic E-state index is -0.847. The molecule has 2 aliphatic carbocycles. The quantitative estimate of drug-likeness (QED) is 0.0674. The molecule has 0 aliphatic heterocycles. The number of hydrogen-bond donors (Lipinski definition) is 0. The standard InChI is InChI=1S/C25H22P2.2C17H13.2Au/c1-5-13-22(14-6-1)26(23-15-7-2-8-16-23)21-27(24-17-9-3-10-18-24)25-19-11-4-12-20-25;2*1-4-12-8-7-10-14-13-9-5-6-11-15(13)17(2,3)16(12)14;;/h1-20H,21H2;2*5-11H,2-3H3;;/q;2*-1;2*+1/p+2. The maximum Gasteiger partial charge on any atom is 1.00 e. The Labute approximate surface area is 409 Å². The van der Waals surface area contributed by atoms with Crippen molar-refractivity contribution in [1.29, 1.82) is 0 Å². The predicted octanol–water partition coefficient (Wildman–Crippen LogP) is 12.5. The van der Waals surface area contributed by atoms with Crippen LogP contribution in [-0.4, -0.2) is 5.90 Å². The second-order valence-corrected chi connectivity index (χ2v) is 22.3. The van der Waals surface area contributed by atoms with Crippen molar-refractivity contribution in [2.45, 2.75) is 38.5 Å². The fourth-order valence-electron chi connectivity index (χ4n) is 9.38. The molecule has 0 saturated carbocycles. The van der Waals surface area contributed by atoms with Gasteiger partial charge in [-0.3, -0.25) is 11.8 Å². The van der Waals surface area contributed by atoms with Crippen molar-refractivity contribution >= 4 is 37.1 Å². The molecular weight excluding hydrogens is 1160 g/mol. The van der Waals surface area contributed by atoms with E-state index in [4.69, 9.17) is 12.8 Å². The van der Waals surface area contributed by atoms with Gasteiger partial charge in [0.1, 0.15) is 37.1 Å². The molecule has 4 heteroatoms. The third-order valence-corrected chi connectivity index (χ3v) is 19.2. The summed E-state index contributed by atoms with van der Waals surface area (Å²) < 4.78 is 0. The Morgan fingerprint density at radius 2 is 0.619 bits per heavy atom. The Hall–Kier alpha value is -4.78. The summed E-state index contributed by atoms with van der Waals surface area (Å²) >= 11 is 0. The molecule has 0 saturated heterocycles. The smallest absolute Gasteiger partial charge is 0.366 e.